The van der Waals surface area contributed by atoms with E-state index >= 15 is 0 Å². The Hall–Kier alpha value is -0.860. The summed E-state index contributed by atoms with van der Waals surface area (Å²) in [4.78, 5) is 10.9. The van der Waals surface area contributed by atoms with E-state index in [4.69, 9.17) is 0 Å². The van der Waals surface area contributed by atoms with E-state index in [1.165, 1.54) is 4.31 Å². The first-order valence-electron chi connectivity index (χ1n) is 5.62. The summed E-state index contributed by atoms with van der Waals surface area (Å²) < 4.78 is 31.1. The number of carbonyl (C=O) groups excluding carboxylic acids is 1. The lowest BCUT2D eigenvalue weighted by Crippen LogP contribution is -2.44. The Morgan fingerprint density at radius 1 is 1.47 bits per heavy atom. The first kappa shape index (κ1) is 12.6. The summed E-state index contributed by atoms with van der Waals surface area (Å²) in [6.07, 6.45) is 1.15. The molecule has 2 unspecified atom stereocenters. The van der Waals surface area contributed by atoms with Gasteiger partial charge in [0.05, 0.1) is 7.11 Å². The number of methoxy groups -OCH3 is 1. The fourth-order valence-electron chi connectivity index (χ4n) is 2.41. The minimum atomic E-state index is -3.76. The van der Waals surface area contributed by atoms with Gasteiger partial charge in [-0.2, -0.15) is 12.7 Å². The second kappa shape index (κ2) is 4.79. The van der Waals surface area contributed by atoms with E-state index in [-0.39, 0.29) is 6.04 Å². The molecule has 0 radical (unpaired) electrons. The Labute approximate surface area is 101 Å². The Balaban J connectivity index is 2.01. The van der Waals surface area contributed by atoms with E-state index in [1.807, 2.05) is 4.72 Å². The standard InChI is InChI=1S/C9H17N3O4S/c1-16-9(13)11-17(14,15)12-5-7-3-2-4-10-8(7)6-12/h7-8,10H,2-6H2,1H3,(H,11,13). The van der Waals surface area contributed by atoms with Gasteiger partial charge in [-0.05, 0) is 25.3 Å². The summed E-state index contributed by atoms with van der Waals surface area (Å²) in [5, 5.41) is 3.30. The van der Waals surface area contributed by atoms with Gasteiger partial charge in [0, 0.05) is 19.1 Å². The molecular weight excluding hydrogens is 246 g/mol. The predicted octanol–water partition coefficient (Wildman–Crippen LogP) is -0.729. The largest absolute Gasteiger partial charge is 0.452 e. The van der Waals surface area contributed by atoms with Crippen molar-refractivity contribution in [2.45, 2.75) is 18.9 Å². The smallest absolute Gasteiger partial charge is 0.421 e. The van der Waals surface area contributed by atoms with Crippen molar-refractivity contribution in [3.8, 4) is 0 Å². The highest BCUT2D eigenvalue weighted by Crippen LogP contribution is 2.26. The van der Waals surface area contributed by atoms with Crippen molar-refractivity contribution in [2.24, 2.45) is 5.92 Å². The van der Waals surface area contributed by atoms with E-state index in [1.54, 1.807) is 0 Å². The molecule has 0 spiro atoms. The van der Waals surface area contributed by atoms with Crippen molar-refractivity contribution in [1.29, 1.82) is 0 Å². The van der Waals surface area contributed by atoms with Crippen molar-refractivity contribution in [3.63, 3.8) is 0 Å². The van der Waals surface area contributed by atoms with Crippen LogP contribution in [-0.4, -0.2) is 51.6 Å². The van der Waals surface area contributed by atoms with Gasteiger partial charge in [0.25, 0.3) is 0 Å². The maximum absolute atomic E-state index is 11.8. The van der Waals surface area contributed by atoms with E-state index in [2.05, 4.69) is 10.1 Å². The lowest BCUT2D eigenvalue weighted by Gasteiger charge is -2.24. The zero-order valence-electron chi connectivity index (χ0n) is 9.68. The number of hydrogen-bond acceptors (Lipinski definition) is 5. The van der Waals surface area contributed by atoms with E-state index in [0.717, 1.165) is 26.5 Å². The molecule has 2 aliphatic rings. The molecule has 2 atom stereocenters. The number of hydrogen-bond donors (Lipinski definition) is 2. The fourth-order valence-corrected chi connectivity index (χ4v) is 3.58. The number of amides is 1. The molecule has 0 aromatic heterocycles. The van der Waals surface area contributed by atoms with Gasteiger partial charge in [-0.25, -0.2) is 9.52 Å². The van der Waals surface area contributed by atoms with Crippen LogP contribution >= 0.6 is 0 Å². The van der Waals surface area contributed by atoms with Gasteiger partial charge in [0.15, 0.2) is 0 Å². The molecule has 17 heavy (non-hydrogen) atoms. The molecule has 0 aromatic carbocycles. The molecule has 2 heterocycles. The van der Waals surface area contributed by atoms with Crippen LogP contribution in [0.2, 0.25) is 0 Å². The number of ether oxygens (including phenoxy) is 1. The average Bonchev–Trinajstić information content (AvgIpc) is 2.72. The first-order valence-corrected chi connectivity index (χ1v) is 7.06. The van der Waals surface area contributed by atoms with Crippen LogP contribution in [0.15, 0.2) is 0 Å². The van der Waals surface area contributed by atoms with E-state index < -0.39 is 16.3 Å². The zero-order valence-corrected chi connectivity index (χ0v) is 10.5. The van der Waals surface area contributed by atoms with Crippen molar-refractivity contribution < 1.29 is 17.9 Å². The molecule has 98 valence electrons. The molecule has 2 fully saturated rings. The second-order valence-electron chi connectivity index (χ2n) is 4.38. The van der Waals surface area contributed by atoms with Crippen LogP contribution < -0.4 is 10.0 Å². The van der Waals surface area contributed by atoms with Crippen LogP contribution in [0.3, 0.4) is 0 Å². The van der Waals surface area contributed by atoms with E-state index in [0.29, 0.717) is 19.0 Å². The molecule has 1 amide bonds. The average molecular weight is 263 g/mol. The second-order valence-corrected chi connectivity index (χ2v) is 6.05. The van der Waals surface area contributed by atoms with Crippen LogP contribution in [0.5, 0.6) is 0 Å². The van der Waals surface area contributed by atoms with Crippen LogP contribution in [0.4, 0.5) is 4.79 Å². The Morgan fingerprint density at radius 2 is 2.24 bits per heavy atom. The number of fused-ring (bicyclic) bond motifs is 1. The zero-order chi connectivity index (χ0) is 12.5. The summed E-state index contributed by atoms with van der Waals surface area (Å²) >= 11 is 0. The Morgan fingerprint density at radius 3 is 2.88 bits per heavy atom. The Bertz CT molecular complexity index is 383. The normalized spacial score (nSPS) is 29.7. The van der Waals surface area contributed by atoms with Gasteiger partial charge < -0.3 is 10.1 Å². The molecule has 2 aliphatic heterocycles. The molecule has 0 bridgehead atoms. The van der Waals surface area contributed by atoms with Crippen molar-refractivity contribution >= 4 is 16.3 Å². The Kier molecular flexibility index (Phi) is 3.55. The molecule has 0 saturated carbocycles. The van der Waals surface area contributed by atoms with Crippen LogP contribution in [0.1, 0.15) is 12.8 Å². The molecule has 7 nitrogen and oxygen atoms in total. The van der Waals surface area contributed by atoms with Crippen molar-refractivity contribution in [1.82, 2.24) is 14.3 Å². The SMILES string of the molecule is COC(=O)NS(=O)(=O)N1CC2CCCNC2C1. The molecular formula is C9H17N3O4S. The van der Waals surface area contributed by atoms with Gasteiger partial charge in [-0.1, -0.05) is 0 Å². The lowest BCUT2D eigenvalue weighted by atomic mass is 9.94. The third-order valence-electron chi connectivity index (χ3n) is 3.30. The number of nitrogens with one attached hydrogen (secondary N) is 2. The lowest BCUT2D eigenvalue weighted by molar-refractivity contribution is 0.177. The number of nitrogens with zero attached hydrogens (tertiary/aromatic N) is 1. The molecule has 2 rings (SSSR count). The highest BCUT2D eigenvalue weighted by Gasteiger charge is 2.40. The van der Waals surface area contributed by atoms with Gasteiger partial charge >= 0.3 is 16.3 Å². The van der Waals surface area contributed by atoms with Crippen LogP contribution in [0, 0.1) is 5.92 Å². The maximum atomic E-state index is 11.8. The minimum absolute atomic E-state index is 0.206. The first-order chi connectivity index (χ1) is 8.03. The molecule has 2 saturated heterocycles. The molecule has 0 aromatic rings. The van der Waals surface area contributed by atoms with Crippen molar-refractivity contribution in [3.05, 3.63) is 0 Å². The quantitative estimate of drug-likeness (QED) is 0.686. The number of piperidine rings is 1. The fraction of sp³-hybridized carbons (Fsp3) is 0.889. The summed E-state index contributed by atoms with van der Waals surface area (Å²) in [6, 6.07) is 0.206. The topological polar surface area (TPSA) is 87.7 Å². The van der Waals surface area contributed by atoms with Crippen LogP contribution in [0.25, 0.3) is 0 Å². The summed E-state index contributed by atoms with van der Waals surface area (Å²) in [5.41, 5.74) is 0. The van der Waals surface area contributed by atoms with Crippen molar-refractivity contribution in [2.75, 3.05) is 26.7 Å². The summed E-state index contributed by atoms with van der Waals surface area (Å²) in [5.74, 6) is 0.345. The van der Waals surface area contributed by atoms with Gasteiger partial charge in [-0.3, -0.25) is 0 Å². The monoisotopic (exact) mass is 263 g/mol. The highest BCUT2D eigenvalue weighted by molar-refractivity contribution is 7.87. The third-order valence-corrected chi connectivity index (χ3v) is 4.71. The predicted molar refractivity (Wildman–Crippen MR) is 60.5 cm³/mol. The highest BCUT2D eigenvalue weighted by atomic mass is 32.2. The number of carbonyl (C=O) groups is 1. The van der Waals surface area contributed by atoms with Crippen LogP contribution in [-0.2, 0) is 14.9 Å². The maximum Gasteiger partial charge on any atom is 0.421 e. The third kappa shape index (κ3) is 2.70. The van der Waals surface area contributed by atoms with Gasteiger partial charge in [-0.15, -0.1) is 0 Å². The minimum Gasteiger partial charge on any atom is -0.452 e. The summed E-state index contributed by atoms with van der Waals surface area (Å²) in [6.45, 7) is 1.81. The summed E-state index contributed by atoms with van der Waals surface area (Å²) in [7, 11) is -2.63. The number of rotatable bonds is 2. The van der Waals surface area contributed by atoms with Gasteiger partial charge in [0.2, 0.25) is 0 Å². The van der Waals surface area contributed by atoms with Gasteiger partial charge in [0.1, 0.15) is 0 Å². The van der Waals surface area contributed by atoms with E-state index in [9.17, 15) is 13.2 Å². The molecule has 2 N–H and O–H groups in total. The molecule has 0 aliphatic carbocycles. The molecule has 8 heteroatoms.